The third-order valence-electron chi connectivity index (χ3n) is 2.76. The van der Waals surface area contributed by atoms with Crippen LogP contribution in [0.1, 0.15) is 38.3 Å². The van der Waals surface area contributed by atoms with Crippen LogP contribution in [0.4, 0.5) is 0 Å². The predicted octanol–water partition coefficient (Wildman–Crippen LogP) is 2.22. The Morgan fingerprint density at radius 1 is 1.13 bits per heavy atom. The zero-order valence-corrected chi connectivity index (χ0v) is 12.0. The van der Waals surface area contributed by atoms with Crippen LogP contribution in [0, 0.1) is 13.8 Å². The molecule has 0 aliphatic carbocycles. The van der Waals surface area contributed by atoms with E-state index >= 15 is 0 Å². The smallest absolute Gasteiger partial charge is 0.193 e. The summed E-state index contributed by atoms with van der Waals surface area (Å²) in [4.78, 5) is 0. The highest BCUT2D eigenvalue weighted by Crippen LogP contribution is 2.12. The Morgan fingerprint density at radius 2 is 1.67 bits per heavy atom. The lowest BCUT2D eigenvalue weighted by Crippen LogP contribution is -2.31. The third-order valence-corrected chi connectivity index (χ3v) is 4.43. The molecule has 0 amide bonds. The molecule has 0 saturated heterocycles. The minimum absolute atomic E-state index is 0.0455. The lowest BCUT2D eigenvalue weighted by Gasteiger charge is -2.24. The summed E-state index contributed by atoms with van der Waals surface area (Å²) in [6, 6.07) is 6.72. The van der Waals surface area contributed by atoms with E-state index in [4.69, 9.17) is 4.43 Å². The van der Waals surface area contributed by atoms with Gasteiger partial charge in [0, 0.05) is 0 Å². The van der Waals surface area contributed by atoms with Crippen LogP contribution in [0.2, 0.25) is 0 Å². The highest BCUT2D eigenvalue weighted by molar-refractivity contribution is 6.47. The minimum atomic E-state index is -0.569. The predicted molar refractivity (Wildman–Crippen MR) is 69.5 cm³/mol. The van der Waals surface area contributed by atoms with Crippen molar-refractivity contribution in [1.82, 2.24) is 0 Å². The first-order valence-corrected chi connectivity index (χ1v) is 6.92. The van der Waals surface area contributed by atoms with Gasteiger partial charge in [0.15, 0.2) is 9.76 Å². The molecule has 0 unspecified atom stereocenters. The fourth-order valence-corrected chi connectivity index (χ4v) is 3.11. The first kappa shape index (κ1) is 12.5. The lowest BCUT2D eigenvalue weighted by atomic mass is 10.1. The largest absolute Gasteiger partial charge is 0.414 e. The van der Waals surface area contributed by atoms with Gasteiger partial charge >= 0.3 is 0 Å². The van der Waals surface area contributed by atoms with Gasteiger partial charge in [-0.05, 0) is 39.3 Å². The highest BCUT2D eigenvalue weighted by atomic mass is 28.2. The van der Waals surface area contributed by atoms with Crippen LogP contribution in [0.5, 0.6) is 0 Å². The topological polar surface area (TPSA) is 9.23 Å². The summed E-state index contributed by atoms with van der Waals surface area (Å²) in [5.74, 6) is 0. The van der Waals surface area contributed by atoms with E-state index in [1.54, 1.807) is 0 Å². The second kappa shape index (κ2) is 4.95. The number of aryl methyl sites for hydroxylation is 2. The minimum Gasteiger partial charge on any atom is -0.414 e. The first-order chi connectivity index (χ1) is 6.93. The molecular weight excluding hydrogens is 200 g/mol. The molecule has 15 heavy (non-hydrogen) atoms. The number of hydrogen-bond acceptors (Lipinski definition) is 1. The molecular formula is C13H22OSi. The van der Waals surface area contributed by atoms with Crippen molar-refractivity contribution in [3.63, 3.8) is 0 Å². The van der Waals surface area contributed by atoms with Gasteiger partial charge in [0.2, 0.25) is 0 Å². The van der Waals surface area contributed by atoms with Crippen molar-refractivity contribution in [2.45, 2.75) is 46.6 Å². The van der Waals surface area contributed by atoms with Crippen molar-refractivity contribution in [3.8, 4) is 0 Å². The third kappa shape index (κ3) is 4.18. The Hall–Kier alpha value is -0.603. The van der Waals surface area contributed by atoms with E-state index in [2.05, 4.69) is 52.8 Å². The van der Waals surface area contributed by atoms with Crippen molar-refractivity contribution >= 4 is 14.9 Å². The maximum Gasteiger partial charge on any atom is 0.193 e. The molecule has 0 atom stereocenters. The van der Waals surface area contributed by atoms with Gasteiger partial charge in [-0.1, -0.05) is 36.2 Å². The van der Waals surface area contributed by atoms with Crippen LogP contribution in [0.3, 0.4) is 0 Å². The molecule has 84 valence electrons. The van der Waals surface area contributed by atoms with Gasteiger partial charge in [-0.15, -0.1) is 0 Å². The molecule has 1 nitrogen and oxygen atoms in total. The van der Waals surface area contributed by atoms with Crippen LogP contribution in [0.15, 0.2) is 18.2 Å². The van der Waals surface area contributed by atoms with Crippen molar-refractivity contribution < 1.29 is 4.43 Å². The molecule has 1 aromatic carbocycles. The normalized spacial score (nSPS) is 12.6. The number of hydrogen-bond donors (Lipinski definition) is 0. The highest BCUT2D eigenvalue weighted by Gasteiger charge is 2.14. The molecule has 0 fully saturated rings. The van der Waals surface area contributed by atoms with Crippen LogP contribution in [-0.2, 0) is 4.43 Å². The summed E-state index contributed by atoms with van der Waals surface area (Å²) in [7, 11) is -0.569. The summed E-state index contributed by atoms with van der Waals surface area (Å²) in [6.45, 7) is 10.8. The van der Waals surface area contributed by atoms with Gasteiger partial charge in [-0.2, -0.15) is 0 Å². The summed E-state index contributed by atoms with van der Waals surface area (Å²) in [5, 5.41) is 1.41. The van der Waals surface area contributed by atoms with Gasteiger partial charge in [0.05, 0.1) is 5.60 Å². The van der Waals surface area contributed by atoms with E-state index in [9.17, 15) is 0 Å². The maximum absolute atomic E-state index is 6.01. The molecule has 0 heterocycles. The van der Waals surface area contributed by atoms with Crippen molar-refractivity contribution in [3.05, 3.63) is 29.3 Å². The Balaban J connectivity index is 2.65. The molecule has 0 aromatic heterocycles. The molecule has 0 spiro atoms. The summed E-state index contributed by atoms with van der Waals surface area (Å²) >= 11 is 0. The molecule has 0 saturated carbocycles. The van der Waals surface area contributed by atoms with Crippen LogP contribution < -0.4 is 5.19 Å². The van der Waals surface area contributed by atoms with Gasteiger partial charge in [-0.25, -0.2) is 0 Å². The monoisotopic (exact) mass is 222 g/mol. The fourth-order valence-electron chi connectivity index (χ4n) is 1.53. The lowest BCUT2D eigenvalue weighted by molar-refractivity contribution is 0.114. The molecule has 2 heteroatoms. The van der Waals surface area contributed by atoms with E-state index in [1.165, 1.54) is 16.3 Å². The summed E-state index contributed by atoms with van der Waals surface area (Å²) in [6.07, 6.45) is 1.07. The number of rotatable bonds is 4. The Morgan fingerprint density at radius 3 is 2.13 bits per heavy atom. The van der Waals surface area contributed by atoms with Crippen LogP contribution in [0.25, 0.3) is 0 Å². The maximum atomic E-state index is 6.01. The van der Waals surface area contributed by atoms with Gasteiger partial charge in [0.1, 0.15) is 0 Å². The van der Waals surface area contributed by atoms with Gasteiger partial charge in [0.25, 0.3) is 0 Å². The van der Waals surface area contributed by atoms with Crippen molar-refractivity contribution in [2.24, 2.45) is 0 Å². The molecule has 0 bridgehead atoms. The molecule has 1 rings (SSSR count). The van der Waals surface area contributed by atoms with Gasteiger partial charge < -0.3 is 4.43 Å². The Kier molecular flexibility index (Phi) is 4.11. The average Bonchev–Trinajstić information content (AvgIpc) is 2.14. The van der Waals surface area contributed by atoms with Crippen molar-refractivity contribution in [1.29, 1.82) is 0 Å². The van der Waals surface area contributed by atoms with Crippen LogP contribution >= 0.6 is 0 Å². The molecule has 1 aromatic rings. The van der Waals surface area contributed by atoms with E-state index in [-0.39, 0.29) is 5.60 Å². The van der Waals surface area contributed by atoms with Crippen molar-refractivity contribution in [2.75, 3.05) is 0 Å². The van der Waals surface area contributed by atoms with E-state index < -0.39 is 9.76 Å². The summed E-state index contributed by atoms with van der Waals surface area (Å²) < 4.78 is 6.01. The van der Waals surface area contributed by atoms with E-state index in [1.807, 2.05) is 0 Å². The molecule has 0 radical (unpaired) electrons. The quantitative estimate of drug-likeness (QED) is 0.710. The molecule has 0 aliphatic heterocycles. The van der Waals surface area contributed by atoms with Crippen LogP contribution in [-0.4, -0.2) is 15.4 Å². The summed E-state index contributed by atoms with van der Waals surface area (Å²) in [5.41, 5.74) is 2.73. The SMILES string of the molecule is CCC(C)(C)O[SiH2]c1cc(C)cc(C)c1. The fraction of sp³-hybridized carbons (Fsp3) is 0.538. The van der Waals surface area contributed by atoms with E-state index in [0.29, 0.717) is 0 Å². The zero-order chi connectivity index (χ0) is 11.5. The second-order valence-corrected chi connectivity index (χ2v) is 6.29. The molecule has 0 N–H and O–H groups in total. The Labute approximate surface area is 95.8 Å². The Bertz CT molecular complexity index is 311. The average molecular weight is 222 g/mol. The zero-order valence-electron chi connectivity index (χ0n) is 10.6. The molecule has 0 aliphatic rings. The first-order valence-electron chi connectivity index (χ1n) is 5.64. The van der Waals surface area contributed by atoms with Gasteiger partial charge in [-0.3, -0.25) is 0 Å². The number of benzene rings is 1. The van der Waals surface area contributed by atoms with E-state index in [0.717, 1.165) is 6.42 Å². The standard InChI is InChI=1S/C13H22OSi/c1-6-13(4,5)14-15-12-8-10(2)7-11(3)9-12/h7-9H,6,15H2,1-5H3. The second-order valence-electron chi connectivity index (χ2n) is 4.90.